The number of ether oxygens (including phenoxy) is 1. The molecule has 1 aliphatic heterocycles. The summed E-state index contributed by atoms with van der Waals surface area (Å²) in [4.78, 5) is 27.8. The Bertz CT molecular complexity index is 525. The molecule has 1 unspecified atom stereocenters. The SMILES string of the molecule is CCOC(=O)C1C(=O)/C(=C\c2ccco2)N=C1C. The fourth-order valence-corrected chi connectivity index (χ4v) is 1.76. The summed E-state index contributed by atoms with van der Waals surface area (Å²) in [5.74, 6) is -1.28. The molecule has 0 bridgehead atoms. The summed E-state index contributed by atoms with van der Waals surface area (Å²) in [5.41, 5.74) is 0.678. The van der Waals surface area contributed by atoms with E-state index in [-0.39, 0.29) is 18.1 Å². The van der Waals surface area contributed by atoms with Crippen molar-refractivity contribution in [1.82, 2.24) is 0 Å². The minimum absolute atomic E-state index is 0.223. The van der Waals surface area contributed by atoms with Crippen molar-refractivity contribution < 1.29 is 18.7 Å². The van der Waals surface area contributed by atoms with Crippen LogP contribution in [0.4, 0.5) is 0 Å². The molecule has 5 heteroatoms. The van der Waals surface area contributed by atoms with Crippen molar-refractivity contribution in [2.75, 3.05) is 6.61 Å². The highest BCUT2D eigenvalue weighted by Gasteiger charge is 2.38. The van der Waals surface area contributed by atoms with Gasteiger partial charge in [-0.3, -0.25) is 14.6 Å². The standard InChI is InChI=1S/C13H13NO4/c1-3-17-13(16)11-8(2)14-10(12(11)15)7-9-5-4-6-18-9/h4-7,11H,3H2,1-2H3/b10-7+. The van der Waals surface area contributed by atoms with Crippen LogP contribution in [0.15, 0.2) is 33.5 Å². The first-order chi connectivity index (χ1) is 8.63. The van der Waals surface area contributed by atoms with Crippen LogP contribution in [0.3, 0.4) is 0 Å². The molecule has 0 saturated carbocycles. The molecule has 1 aromatic heterocycles. The van der Waals surface area contributed by atoms with Gasteiger partial charge in [-0.1, -0.05) is 0 Å². The summed E-state index contributed by atoms with van der Waals surface area (Å²) < 4.78 is 9.97. The van der Waals surface area contributed by atoms with Crippen LogP contribution < -0.4 is 0 Å². The summed E-state index contributed by atoms with van der Waals surface area (Å²) in [6, 6.07) is 3.42. The highest BCUT2D eigenvalue weighted by molar-refractivity contribution is 6.28. The molecule has 0 N–H and O–H groups in total. The van der Waals surface area contributed by atoms with Crippen LogP contribution >= 0.6 is 0 Å². The van der Waals surface area contributed by atoms with E-state index in [9.17, 15) is 9.59 Å². The van der Waals surface area contributed by atoms with E-state index in [1.807, 2.05) is 0 Å². The number of nitrogens with zero attached hydrogens (tertiary/aromatic N) is 1. The maximum Gasteiger partial charge on any atom is 0.322 e. The maximum absolute atomic E-state index is 12.0. The molecule has 5 nitrogen and oxygen atoms in total. The summed E-state index contributed by atoms with van der Waals surface area (Å²) in [5, 5.41) is 0. The number of aliphatic imine (C=N–C) groups is 1. The zero-order valence-electron chi connectivity index (χ0n) is 10.2. The molecule has 1 atom stereocenters. The number of allylic oxidation sites excluding steroid dienone is 1. The number of carbonyl (C=O) groups is 2. The number of hydrogen-bond donors (Lipinski definition) is 0. The van der Waals surface area contributed by atoms with Gasteiger partial charge in [-0.25, -0.2) is 0 Å². The quantitative estimate of drug-likeness (QED) is 0.464. The van der Waals surface area contributed by atoms with Crippen molar-refractivity contribution in [3.8, 4) is 0 Å². The van der Waals surface area contributed by atoms with Crippen LogP contribution in [0.5, 0.6) is 0 Å². The molecular weight excluding hydrogens is 234 g/mol. The largest absolute Gasteiger partial charge is 0.465 e. The second kappa shape index (κ2) is 5.00. The molecule has 18 heavy (non-hydrogen) atoms. The van der Waals surface area contributed by atoms with E-state index in [0.717, 1.165) is 0 Å². The first kappa shape index (κ1) is 12.3. The van der Waals surface area contributed by atoms with Crippen LogP contribution in [-0.2, 0) is 14.3 Å². The molecule has 0 amide bonds. The Morgan fingerprint density at radius 2 is 2.39 bits per heavy atom. The summed E-state index contributed by atoms with van der Waals surface area (Å²) >= 11 is 0. The van der Waals surface area contributed by atoms with Gasteiger partial charge in [-0.05, 0) is 26.0 Å². The fourth-order valence-electron chi connectivity index (χ4n) is 1.76. The third kappa shape index (κ3) is 2.25. The molecule has 0 saturated heterocycles. The summed E-state index contributed by atoms with van der Waals surface area (Å²) in [6.07, 6.45) is 3.02. The predicted molar refractivity (Wildman–Crippen MR) is 64.9 cm³/mol. The second-order valence-electron chi connectivity index (χ2n) is 3.85. The molecule has 0 aromatic carbocycles. The average Bonchev–Trinajstić information content (AvgIpc) is 2.89. The number of rotatable bonds is 3. The zero-order valence-corrected chi connectivity index (χ0v) is 10.2. The Balaban J connectivity index is 2.24. The van der Waals surface area contributed by atoms with Crippen LogP contribution in [-0.4, -0.2) is 24.1 Å². The lowest BCUT2D eigenvalue weighted by molar-refractivity contribution is -0.147. The van der Waals surface area contributed by atoms with E-state index in [1.165, 1.54) is 12.3 Å². The van der Waals surface area contributed by atoms with E-state index in [2.05, 4.69) is 4.99 Å². The normalized spacial score (nSPS) is 21.2. The topological polar surface area (TPSA) is 68.9 Å². The lowest BCUT2D eigenvalue weighted by Gasteiger charge is -2.06. The third-order valence-corrected chi connectivity index (χ3v) is 2.57. The van der Waals surface area contributed by atoms with Gasteiger partial charge in [0.15, 0.2) is 5.92 Å². The molecule has 2 rings (SSSR count). The Hall–Kier alpha value is -2.17. The van der Waals surface area contributed by atoms with Gasteiger partial charge in [-0.15, -0.1) is 0 Å². The van der Waals surface area contributed by atoms with Gasteiger partial charge < -0.3 is 9.15 Å². The van der Waals surface area contributed by atoms with Crippen LogP contribution in [0.1, 0.15) is 19.6 Å². The highest BCUT2D eigenvalue weighted by Crippen LogP contribution is 2.23. The van der Waals surface area contributed by atoms with E-state index in [1.54, 1.807) is 26.0 Å². The molecule has 2 heterocycles. The molecule has 0 spiro atoms. The number of hydrogen-bond acceptors (Lipinski definition) is 5. The highest BCUT2D eigenvalue weighted by atomic mass is 16.5. The summed E-state index contributed by atoms with van der Waals surface area (Å²) in [7, 11) is 0. The first-order valence-corrected chi connectivity index (χ1v) is 5.64. The van der Waals surface area contributed by atoms with Gasteiger partial charge in [-0.2, -0.15) is 0 Å². The lowest BCUT2D eigenvalue weighted by atomic mass is 10.0. The van der Waals surface area contributed by atoms with Gasteiger partial charge in [0, 0.05) is 11.8 Å². The lowest BCUT2D eigenvalue weighted by Crippen LogP contribution is -2.28. The van der Waals surface area contributed by atoms with Crippen LogP contribution in [0.2, 0.25) is 0 Å². The summed E-state index contributed by atoms with van der Waals surface area (Å²) in [6.45, 7) is 3.58. The average molecular weight is 247 g/mol. The van der Waals surface area contributed by atoms with Crippen LogP contribution in [0, 0.1) is 5.92 Å². The Morgan fingerprint density at radius 1 is 1.61 bits per heavy atom. The van der Waals surface area contributed by atoms with Crippen molar-refractivity contribution in [3.05, 3.63) is 29.9 Å². The Labute approximate surface area is 104 Å². The number of Topliss-reactive ketones (excluding diaryl/α,β-unsaturated/α-hetero) is 1. The molecule has 0 radical (unpaired) electrons. The molecule has 1 aromatic rings. The molecule has 94 valence electrons. The van der Waals surface area contributed by atoms with Gasteiger partial charge in [0.2, 0.25) is 5.78 Å². The number of carbonyl (C=O) groups excluding carboxylic acids is 2. The smallest absolute Gasteiger partial charge is 0.322 e. The fraction of sp³-hybridized carbons (Fsp3) is 0.308. The van der Waals surface area contributed by atoms with E-state index < -0.39 is 11.9 Å². The van der Waals surface area contributed by atoms with E-state index >= 15 is 0 Å². The monoisotopic (exact) mass is 247 g/mol. The van der Waals surface area contributed by atoms with Crippen LogP contribution in [0.25, 0.3) is 6.08 Å². The second-order valence-corrected chi connectivity index (χ2v) is 3.85. The molecule has 0 aliphatic carbocycles. The van der Waals surface area contributed by atoms with Crippen molar-refractivity contribution >= 4 is 23.5 Å². The molecule has 0 fully saturated rings. The van der Waals surface area contributed by atoms with Crippen molar-refractivity contribution in [1.29, 1.82) is 0 Å². The van der Waals surface area contributed by atoms with E-state index in [4.69, 9.17) is 9.15 Å². The minimum atomic E-state index is -0.911. The van der Waals surface area contributed by atoms with Gasteiger partial charge in [0.1, 0.15) is 11.5 Å². The molecule has 1 aliphatic rings. The first-order valence-electron chi connectivity index (χ1n) is 5.64. The van der Waals surface area contributed by atoms with Crippen molar-refractivity contribution in [2.45, 2.75) is 13.8 Å². The van der Waals surface area contributed by atoms with Gasteiger partial charge in [0.05, 0.1) is 12.9 Å². The van der Waals surface area contributed by atoms with Crippen molar-refractivity contribution in [2.24, 2.45) is 10.9 Å². The van der Waals surface area contributed by atoms with Crippen molar-refractivity contribution in [3.63, 3.8) is 0 Å². The molecular formula is C13H13NO4. The Kier molecular flexibility index (Phi) is 3.41. The van der Waals surface area contributed by atoms with Gasteiger partial charge >= 0.3 is 5.97 Å². The number of furan rings is 1. The van der Waals surface area contributed by atoms with Gasteiger partial charge in [0.25, 0.3) is 0 Å². The Morgan fingerprint density at radius 3 is 3.00 bits per heavy atom. The van der Waals surface area contributed by atoms with E-state index in [0.29, 0.717) is 11.5 Å². The zero-order chi connectivity index (χ0) is 13.1. The third-order valence-electron chi connectivity index (χ3n) is 2.57. The number of esters is 1. The maximum atomic E-state index is 12.0. The minimum Gasteiger partial charge on any atom is -0.465 e. The number of ketones is 1. The predicted octanol–water partition coefficient (Wildman–Crippen LogP) is 1.84.